The molecule has 1 saturated heterocycles. The minimum absolute atomic E-state index is 0. The van der Waals surface area contributed by atoms with E-state index in [0.717, 1.165) is 24.9 Å². The van der Waals surface area contributed by atoms with Crippen molar-refractivity contribution in [3.63, 3.8) is 0 Å². The number of carboxylic acids is 1. The molecule has 0 bridgehead atoms. The standard InChI is InChI=1S/C34H33N3O4.Na/c38-32(26-17-8-3-9-18-26)31(34(40)41)36-30(25-15-6-2-7-16-25)27-19-10-11-20-28(27)35-33(39)29-21-12-22-37(29)23-24-13-4-1-5-14-24;/h1-11,13-20,29,31-32,38H,12,21-23H2,(H,35,39)(H,40,41);/q;+1/p-1/t29-,31-,32+;/m0./s1. The number of para-hydroxylation sites is 1. The van der Waals surface area contributed by atoms with Gasteiger partial charge in [0.25, 0.3) is 0 Å². The summed E-state index contributed by atoms with van der Waals surface area (Å²) in [5.74, 6) is -1.50. The van der Waals surface area contributed by atoms with E-state index in [9.17, 15) is 20.1 Å². The number of hydrogen-bond acceptors (Lipinski definition) is 6. The third-order valence-corrected chi connectivity index (χ3v) is 7.28. The number of carboxylic acid groups (broad SMARTS) is 1. The summed E-state index contributed by atoms with van der Waals surface area (Å²) in [6.45, 7) is 1.49. The van der Waals surface area contributed by atoms with Crippen molar-refractivity contribution in [2.24, 2.45) is 9.98 Å². The van der Waals surface area contributed by atoms with Gasteiger partial charge in [-0.15, -0.1) is 0 Å². The molecule has 1 aliphatic rings. The number of likely N-dealkylation sites (tertiary alicyclic amines) is 1. The summed E-state index contributed by atoms with van der Waals surface area (Å²) in [5, 5.41) is 34.7. The molecule has 1 heterocycles. The Bertz CT molecular complexity index is 1510. The van der Waals surface area contributed by atoms with Crippen LogP contribution in [-0.4, -0.2) is 51.3 Å². The molecule has 208 valence electrons. The van der Waals surface area contributed by atoms with Crippen molar-refractivity contribution in [3.05, 3.63) is 138 Å². The van der Waals surface area contributed by atoms with Gasteiger partial charge in [0.1, 0.15) is 6.10 Å². The van der Waals surface area contributed by atoms with Gasteiger partial charge >= 0.3 is 35.5 Å². The van der Waals surface area contributed by atoms with Crippen LogP contribution in [0.1, 0.15) is 41.2 Å². The number of carbonyl (C=O) groups is 1. The fourth-order valence-corrected chi connectivity index (χ4v) is 5.21. The van der Waals surface area contributed by atoms with E-state index >= 15 is 0 Å². The van der Waals surface area contributed by atoms with Gasteiger partial charge < -0.3 is 15.3 Å². The normalized spacial score (nSPS) is 17.3. The van der Waals surface area contributed by atoms with Crippen LogP contribution in [0.2, 0.25) is 0 Å². The van der Waals surface area contributed by atoms with Crippen molar-refractivity contribution in [1.29, 1.82) is 0 Å². The Morgan fingerprint density at radius 1 is 0.881 bits per heavy atom. The van der Waals surface area contributed by atoms with E-state index in [4.69, 9.17) is 0 Å². The molecule has 5 rings (SSSR count). The second-order valence-electron chi connectivity index (χ2n) is 10.1. The van der Waals surface area contributed by atoms with E-state index in [2.05, 4.69) is 27.0 Å². The largest absolute Gasteiger partial charge is 1.00 e. The molecule has 0 radical (unpaired) electrons. The predicted octanol–water partition coefficient (Wildman–Crippen LogP) is 1.77. The predicted molar refractivity (Wildman–Crippen MR) is 158 cm³/mol. The van der Waals surface area contributed by atoms with Gasteiger partial charge in [0.2, 0.25) is 0 Å². The van der Waals surface area contributed by atoms with Crippen LogP contribution in [0.5, 0.6) is 0 Å². The van der Waals surface area contributed by atoms with Gasteiger partial charge in [0.05, 0.1) is 11.4 Å². The molecular formula is C34H32N3NaO4. The van der Waals surface area contributed by atoms with Crippen molar-refractivity contribution >= 4 is 23.3 Å². The van der Waals surface area contributed by atoms with Crippen LogP contribution < -0.4 is 34.7 Å². The summed E-state index contributed by atoms with van der Waals surface area (Å²) in [5.41, 5.74) is 3.51. The smallest absolute Gasteiger partial charge is 0.861 e. The molecule has 1 aliphatic heterocycles. The zero-order valence-corrected chi connectivity index (χ0v) is 25.6. The molecule has 0 saturated carbocycles. The first kappa shape index (κ1) is 31.3. The molecule has 8 heteroatoms. The van der Waals surface area contributed by atoms with Gasteiger partial charge in [-0.25, -0.2) is 4.79 Å². The minimum atomic E-state index is -1.48. The van der Waals surface area contributed by atoms with Crippen LogP contribution in [0.4, 0.5) is 5.69 Å². The van der Waals surface area contributed by atoms with Crippen LogP contribution in [0.15, 0.2) is 125 Å². The average Bonchev–Trinajstić information content (AvgIpc) is 3.47. The molecule has 0 unspecified atom stereocenters. The molecule has 3 atom stereocenters. The van der Waals surface area contributed by atoms with Crippen molar-refractivity contribution in [2.75, 3.05) is 6.54 Å². The molecular weight excluding hydrogens is 537 g/mol. The average molecular weight is 570 g/mol. The second kappa shape index (κ2) is 15.0. The van der Waals surface area contributed by atoms with Gasteiger partial charge in [-0.3, -0.25) is 14.9 Å². The molecule has 4 aromatic rings. The maximum absolute atomic E-state index is 13.6. The van der Waals surface area contributed by atoms with Gasteiger partial charge in [-0.2, -0.15) is 0 Å². The number of aliphatic carboxylic acids is 1. The fraction of sp³-hybridized carbons (Fsp3) is 0.206. The van der Waals surface area contributed by atoms with E-state index in [1.165, 1.54) is 0 Å². The van der Waals surface area contributed by atoms with Gasteiger partial charge in [0, 0.05) is 23.7 Å². The molecule has 1 fully saturated rings. The summed E-state index contributed by atoms with van der Waals surface area (Å²) in [6, 6.07) is 33.1. The Kier molecular flexibility index (Phi) is 11.2. The Balaban J connectivity index is 0.00000405. The van der Waals surface area contributed by atoms with Gasteiger partial charge in [-0.1, -0.05) is 109 Å². The number of aliphatic hydroxyl groups is 1. The van der Waals surface area contributed by atoms with E-state index in [-0.39, 0.29) is 41.5 Å². The number of aliphatic imine (C=N–C) groups is 2. The molecule has 2 N–H and O–H groups in total. The van der Waals surface area contributed by atoms with Crippen molar-refractivity contribution in [1.82, 2.24) is 4.90 Å². The van der Waals surface area contributed by atoms with Crippen LogP contribution in [-0.2, 0) is 11.3 Å². The number of benzene rings is 4. The quantitative estimate of drug-likeness (QED) is 0.172. The van der Waals surface area contributed by atoms with Crippen LogP contribution in [0, 0.1) is 0 Å². The number of nitrogens with zero attached hydrogens (tertiary/aromatic N) is 3. The molecule has 0 aliphatic carbocycles. The Labute approximate surface area is 268 Å². The third-order valence-electron chi connectivity index (χ3n) is 7.28. The first-order valence-electron chi connectivity index (χ1n) is 13.7. The van der Waals surface area contributed by atoms with Crippen molar-refractivity contribution < 1.29 is 49.7 Å². The maximum atomic E-state index is 13.6. The van der Waals surface area contributed by atoms with E-state index in [1.54, 1.807) is 54.6 Å². The van der Waals surface area contributed by atoms with E-state index in [1.807, 2.05) is 48.5 Å². The molecule has 42 heavy (non-hydrogen) atoms. The first-order valence-corrected chi connectivity index (χ1v) is 13.7. The second-order valence-corrected chi connectivity index (χ2v) is 10.1. The van der Waals surface area contributed by atoms with Crippen molar-refractivity contribution in [2.45, 2.75) is 37.6 Å². The monoisotopic (exact) mass is 569 g/mol. The first-order chi connectivity index (χ1) is 20.0. The number of rotatable bonds is 10. The number of aliphatic hydroxyl groups excluding tert-OH is 1. The zero-order valence-electron chi connectivity index (χ0n) is 23.6. The zero-order chi connectivity index (χ0) is 28.6. The molecule has 0 aromatic heterocycles. The van der Waals surface area contributed by atoms with Gasteiger partial charge in [-0.05, 0) is 42.5 Å². The SMILES string of the molecule is O=C(O)[C@@H](N=C(c1ccccc1)c1ccccc1N=C([O-])[C@@H]1CCCN1Cc1ccccc1)[C@H](O)c1ccccc1.[Na+]. The number of hydrogen-bond donors (Lipinski definition) is 2. The van der Waals surface area contributed by atoms with Crippen LogP contribution >= 0.6 is 0 Å². The van der Waals surface area contributed by atoms with E-state index in [0.29, 0.717) is 34.6 Å². The van der Waals surface area contributed by atoms with E-state index < -0.39 is 18.1 Å². The summed E-state index contributed by atoms with van der Waals surface area (Å²) in [4.78, 5) is 23.7. The fourth-order valence-electron chi connectivity index (χ4n) is 5.21. The third kappa shape index (κ3) is 7.62. The van der Waals surface area contributed by atoms with Gasteiger partial charge in [0.15, 0.2) is 6.04 Å². The molecule has 4 aromatic carbocycles. The summed E-state index contributed by atoms with van der Waals surface area (Å²) < 4.78 is 0. The molecule has 0 spiro atoms. The van der Waals surface area contributed by atoms with Crippen molar-refractivity contribution in [3.8, 4) is 0 Å². The maximum Gasteiger partial charge on any atom is 1.00 e. The Hall–Kier alpha value is -3.59. The van der Waals surface area contributed by atoms with Crippen LogP contribution in [0.25, 0.3) is 0 Å². The topological polar surface area (TPSA) is 109 Å². The molecule has 0 amide bonds. The minimum Gasteiger partial charge on any atom is -0.861 e. The Morgan fingerprint density at radius 3 is 2.14 bits per heavy atom. The summed E-state index contributed by atoms with van der Waals surface area (Å²) >= 11 is 0. The van der Waals surface area contributed by atoms with Crippen LogP contribution in [0.3, 0.4) is 0 Å². The molecule has 7 nitrogen and oxygen atoms in total. The summed E-state index contributed by atoms with van der Waals surface area (Å²) in [6.07, 6.45) is 0.263. The summed E-state index contributed by atoms with van der Waals surface area (Å²) in [7, 11) is 0. The Morgan fingerprint density at radius 2 is 1.48 bits per heavy atom.